The molecule has 3 atom stereocenters. The Morgan fingerprint density at radius 1 is 0.614 bits per heavy atom. The topological polar surface area (TPSA) is 105 Å². The Morgan fingerprint density at radius 2 is 1.05 bits per heavy atom. The standard InChI is InChI=1S/C48H87N2O6P/c1-6-8-10-12-14-15-16-17-18-19-20-21-22-23-24-25-26-27-28-29-30-31-32-33-34-35-36-38-40-42-48(52)49-46(47(51)41-39-37-13-11-9-7-2)45-56-57(53,54)55-44-43-50(3,4)5/h8,10,14-15,17-18,20-21,23-24,26-27,46-47,51H,6-7,9,11-13,16,19,22,25,28-45H2,1-5H3,(H-,49,52,53,54)/p+1/b10-8-,15-14-,18-17-,21-20-,24-23-,27-26-. The van der Waals surface area contributed by atoms with Gasteiger partial charge in [0, 0.05) is 6.42 Å². The summed E-state index contributed by atoms with van der Waals surface area (Å²) in [7, 11) is 1.60. The second-order valence-corrected chi connectivity index (χ2v) is 17.9. The van der Waals surface area contributed by atoms with Gasteiger partial charge in [-0.15, -0.1) is 0 Å². The van der Waals surface area contributed by atoms with E-state index in [4.69, 9.17) is 9.05 Å². The Labute approximate surface area is 351 Å². The van der Waals surface area contributed by atoms with Crippen LogP contribution in [-0.4, -0.2) is 73.4 Å². The molecule has 0 aliphatic rings. The van der Waals surface area contributed by atoms with Crippen LogP contribution in [0.15, 0.2) is 72.9 Å². The Kier molecular flexibility index (Phi) is 38.0. The van der Waals surface area contributed by atoms with Crippen molar-refractivity contribution in [2.24, 2.45) is 0 Å². The van der Waals surface area contributed by atoms with Crippen LogP contribution >= 0.6 is 7.82 Å². The number of rotatable bonds is 40. The summed E-state index contributed by atoms with van der Waals surface area (Å²) in [4.78, 5) is 23.0. The molecular formula is C48H88N2O6P+. The molecule has 0 rings (SSSR count). The van der Waals surface area contributed by atoms with Crippen molar-refractivity contribution in [3.8, 4) is 0 Å². The van der Waals surface area contributed by atoms with Gasteiger partial charge in [-0.1, -0.05) is 177 Å². The summed E-state index contributed by atoms with van der Waals surface area (Å²) < 4.78 is 23.5. The first-order chi connectivity index (χ1) is 27.5. The molecule has 8 nitrogen and oxygen atoms in total. The Balaban J connectivity index is 4.05. The van der Waals surface area contributed by atoms with Gasteiger partial charge in [0.15, 0.2) is 0 Å². The highest BCUT2D eigenvalue weighted by atomic mass is 31.2. The number of unbranched alkanes of at least 4 members (excludes halogenated alkanes) is 15. The summed E-state index contributed by atoms with van der Waals surface area (Å²) in [6, 6.07) is -0.763. The van der Waals surface area contributed by atoms with Crippen LogP contribution in [0.25, 0.3) is 0 Å². The van der Waals surface area contributed by atoms with Gasteiger partial charge < -0.3 is 19.8 Å². The average molecular weight is 820 g/mol. The monoisotopic (exact) mass is 820 g/mol. The average Bonchev–Trinajstić information content (AvgIpc) is 3.16. The van der Waals surface area contributed by atoms with Crippen LogP contribution in [0.2, 0.25) is 0 Å². The van der Waals surface area contributed by atoms with Crippen molar-refractivity contribution in [2.45, 2.75) is 187 Å². The minimum absolute atomic E-state index is 0.0698. The van der Waals surface area contributed by atoms with Gasteiger partial charge in [-0.05, 0) is 64.2 Å². The Bertz CT molecular complexity index is 1160. The Hall–Kier alpha value is -2.06. The quantitative estimate of drug-likeness (QED) is 0.0246. The van der Waals surface area contributed by atoms with Crippen LogP contribution in [0.4, 0.5) is 0 Å². The third-order valence-electron chi connectivity index (χ3n) is 9.72. The highest BCUT2D eigenvalue weighted by Gasteiger charge is 2.28. The normalized spacial score (nSPS) is 15.0. The molecule has 1 amide bonds. The van der Waals surface area contributed by atoms with E-state index >= 15 is 0 Å². The van der Waals surface area contributed by atoms with Crippen molar-refractivity contribution in [3.05, 3.63) is 72.9 Å². The van der Waals surface area contributed by atoms with Crippen molar-refractivity contribution in [1.29, 1.82) is 0 Å². The fourth-order valence-corrected chi connectivity index (χ4v) is 6.84. The third kappa shape index (κ3) is 41.9. The lowest BCUT2D eigenvalue weighted by Gasteiger charge is -2.26. The number of allylic oxidation sites excluding steroid dienone is 12. The van der Waals surface area contributed by atoms with E-state index in [2.05, 4.69) is 92.1 Å². The van der Waals surface area contributed by atoms with Crippen LogP contribution < -0.4 is 5.32 Å². The number of nitrogens with one attached hydrogen (secondary N) is 1. The number of phosphoric ester groups is 1. The van der Waals surface area contributed by atoms with Crippen molar-refractivity contribution >= 4 is 13.7 Å². The Morgan fingerprint density at radius 3 is 1.54 bits per heavy atom. The minimum atomic E-state index is -4.31. The number of quaternary nitrogens is 1. The van der Waals surface area contributed by atoms with Crippen LogP contribution in [0, 0.1) is 0 Å². The number of hydrogen-bond acceptors (Lipinski definition) is 5. The molecule has 0 saturated heterocycles. The SMILES string of the molecule is CC/C=C\C/C=C\C/C=C\C/C=C\C/C=C\C/C=C\CCCCCCCCCCCCC(=O)NC(COP(=O)(O)OCC[N+](C)(C)C)C(O)CCCCCCCC. The number of likely N-dealkylation sites (N-methyl/N-ethyl adjacent to an activating group) is 1. The first-order valence-electron chi connectivity index (χ1n) is 22.8. The molecule has 0 fully saturated rings. The molecule has 0 aromatic rings. The van der Waals surface area contributed by atoms with Gasteiger partial charge in [0.05, 0.1) is 39.9 Å². The van der Waals surface area contributed by atoms with Gasteiger partial charge in [-0.3, -0.25) is 13.8 Å². The molecule has 0 aromatic heterocycles. The van der Waals surface area contributed by atoms with Crippen LogP contribution in [0.1, 0.15) is 174 Å². The summed E-state index contributed by atoms with van der Waals surface area (Å²) in [5.41, 5.74) is 0. The zero-order valence-electron chi connectivity index (χ0n) is 37.3. The summed E-state index contributed by atoms with van der Waals surface area (Å²) >= 11 is 0. The number of phosphoric acid groups is 1. The first kappa shape index (κ1) is 54.9. The zero-order chi connectivity index (χ0) is 42.1. The number of aliphatic hydroxyl groups excluding tert-OH is 1. The van der Waals surface area contributed by atoms with Crippen molar-refractivity contribution in [1.82, 2.24) is 5.32 Å². The lowest BCUT2D eigenvalue weighted by molar-refractivity contribution is -0.870. The van der Waals surface area contributed by atoms with Gasteiger partial charge in [0.2, 0.25) is 5.91 Å². The van der Waals surface area contributed by atoms with E-state index in [-0.39, 0.29) is 19.1 Å². The van der Waals surface area contributed by atoms with E-state index in [1.807, 2.05) is 21.1 Å². The van der Waals surface area contributed by atoms with Crippen molar-refractivity contribution in [2.75, 3.05) is 40.9 Å². The van der Waals surface area contributed by atoms with Gasteiger partial charge in [-0.25, -0.2) is 4.57 Å². The smallest absolute Gasteiger partial charge is 0.391 e. The second kappa shape index (κ2) is 39.4. The van der Waals surface area contributed by atoms with Crippen LogP contribution in [0.3, 0.4) is 0 Å². The molecule has 0 aliphatic heterocycles. The third-order valence-corrected chi connectivity index (χ3v) is 10.7. The molecule has 3 N–H and O–H groups in total. The van der Waals surface area contributed by atoms with E-state index < -0.39 is 20.0 Å². The van der Waals surface area contributed by atoms with Gasteiger partial charge in [0.1, 0.15) is 13.2 Å². The second-order valence-electron chi connectivity index (χ2n) is 16.4. The number of aliphatic hydroxyl groups is 1. The fraction of sp³-hybridized carbons (Fsp3) is 0.729. The largest absolute Gasteiger partial charge is 0.472 e. The highest BCUT2D eigenvalue weighted by molar-refractivity contribution is 7.47. The molecule has 330 valence electrons. The molecule has 57 heavy (non-hydrogen) atoms. The summed E-state index contributed by atoms with van der Waals surface area (Å²) in [5.74, 6) is -0.159. The lowest BCUT2D eigenvalue weighted by Crippen LogP contribution is -2.46. The number of amides is 1. The summed E-state index contributed by atoms with van der Waals surface area (Å²) in [5, 5.41) is 13.8. The molecule has 0 heterocycles. The summed E-state index contributed by atoms with van der Waals surface area (Å²) in [6.45, 7) is 4.68. The van der Waals surface area contributed by atoms with E-state index in [0.717, 1.165) is 83.5 Å². The van der Waals surface area contributed by atoms with E-state index in [0.29, 0.717) is 23.9 Å². The maximum absolute atomic E-state index is 12.8. The maximum atomic E-state index is 12.8. The van der Waals surface area contributed by atoms with Crippen LogP contribution in [-0.2, 0) is 18.4 Å². The first-order valence-corrected chi connectivity index (χ1v) is 24.3. The molecule has 0 spiro atoms. The maximum Gasteiger partial charge on any atom is 0.472 e. The van der Waals surface area contributed by atoms with Crippen LogP contribution in [0.5, 0.6) is 0 Å². The van der Waals surface area contributed by atoms with Gasteiger partial charge in [0.25, 0.3) is 0 Å². The van der Waals surface area contributed by atoms with E-state index in [1.165, 1.54) is 64.2 Å². The molecule has 3 unspecified atom stereocenters. The predicted molar refractivity (Wildman–Crippen MR) is 244 cm³/mol. The molecule has 0 radical (unpaired) electrons. The number of nitrogens with zero attached hydrogens (tertiary/aromatic N) is 1. The van der Waals surface area contributed by atoms with E-state index in [9.17, 15) is 19.4 Å². The predicted octanol–water partition coefficient (Wildman–Crippen LogP) is 12.8. The number of carbonyl (C=O) groups excluding carboxylic acids is 1. The lowest BCUT2D eigenvalue weighted by atomic mass is 10.0. The number of hydrogen-bond donors (Lipinski definition) is 3. The summed E-state index contributed by atoms with van der Waals surface area (Å²) in [6.07, 6.45) is 52.5. The fourth-order valence-electron chi connectivity index (χ4n) is 6.11. The van der Waals surface area contributed by atoms with Gasteiger partial charge in [-0.2, -0.15) is 0 Å². The van der Waals surface area contributed by atoms with E-state index in [1.54, 1.807) is 0 Å². The van der Waals surface area contributed by atoms with Crippen molar-refractivity contribution < 1.29 is 32.9 Å². The molecule has 0 aromatic carbocycles. The molecule has 0 saturated carbocycles. The zero-order valence-corrected chi connectivity index (χ0v) is 38.2. The molecule has 9 heteroatoms. The highest BCUT2D eigenvalue weighted by Crippen LogP contribution is 2.43. The minimum Gasteiger partial charge on any atom is -0.391 e. The molecule has 0 bridgehead atoms. The molecule has 0 aliphatic carbocycles. The number of carbonyl (C=O) groups is 1. The van der Waals surface area contributed by atoms with Crippen molar-refractivity contribution in [3.63, 3.8) is 0 Å². The molecular weight excluding hydrogens is 732 g/mol. The van der Waals surface area contributed by atoms with Gasteiger partial charge >= 0.3 is 7.82 Å².